The first-order valence-electron chi connectivity index (χ1n) is 7.69. The van der Waals surface area contributed by atoms with Crippen LogP contribution in [0.25, 0.3) is 0 Å². The first-order chi connectivity index (χ1) is 9.60. The van der Waals surface area contributed by atoms with Gasteiger partial charge in [-0.3, -0.25) is 4.79 Å². The molecule has 0 aliphatic heterocycles. The number of aryl methyl sites for hydroxylation is 2. The minimum atomic E-state index is -0.453. The van der Waals surface area contributed by atoms with E-state index in [1.807, 2.05) is 13.0 Å². The summed E-state index contributed by atoms with van der Waals surface area (Å²) < 4.78 is 5.78. The van der Waals surface area contributed by atoms with E-state index in [4.69, 9.17) is 4.74 Å². The fourth-order valence-corrected chi connectivity index (χ4v) is 2.50. The molecule has 1 aliphatic rings. The summed E-state index contributed by atoms with van der Waals surface area (Å²) in [6, 6.07) is 6.42. The lowest BCUT2D eigenvalue weighted by Gasteiger charge is -2.20. The van der Waals surface area contributed by atoms with E-state index in [1.165, 1.54) is 30.4 Å². The monoisotopic (exact) mass is 275 g/mol. The van der Waals surface area contributed by atoms with Crippen LogP contribution in [-0.4, -0.2) is 18.1 Å². The van der Waals surface area contributed by atoms with Crippen molar-refractivity contribution >= 4 is 5.91 Å². The van der Waals surface area contributed by atoms with Gasteiger partial charge in [0, 0.05) is 6.04 Å². The predicted molar refractivity (Wildman–Crippen MR) is 81.1 cm³/mol. The van der Waals surface area contributed by atoms with Crippen molar-refractivity contribution in [3.05, 3.63) is 29.3 Å². The van der Waals surface area contributed by atoms with E-state index in [9.17, 15) is 4.79 Å². The first kappa shape index (κ1) is 14.9. The molecule has 0 fully saturated rings. The average molecular weight is 275 g/mol. The third kappa shape index (κ3) is 3.75. The quantitative estimate of drug-likeness (QED) is 0.896. The molecule has 0 bridgehead atoms. The molecule has 1 aliphatic carbocycles. The van der Waals surface area contributed by atoms with E-state index in [0.717, 1.165) is 18.6 Å². The molecule has 1 aromatic carbocycles. The fourth-order valence-electron chi connectivity index (χ4n) is 2.50. The number of carbonyl (C=O) groups is 1. The Labute approximate surface area is 121 Å². The van der Waals surface area contributed by atoms with Crippen molar-refractivity contribution in [3.63, 3.8) is 0 Å². The standard InChI is InChI=1S/C17H25NO2/c1-4-12(2)18-17(19)13(3)20-16-10-9-14-7-5-6-8-15(14)11-16/h9-13H,4-8H2,1-3H3,(H,18,19)/t12-,13+/m0/s1. The molecule has 0 radical (unpaired) electrons. The summed E-state index contributed by atoms with van der Waals surface area (Å²) >= 11 is 0. The van der Waals surface area contributed by atoms with Crippen molar-refractivity contribution in [2.45, 2.75) is 65.0 Å². The number of benzene rings is 1. The molecule has 2 rings (SSSR count). The Morgan fingerprint density at radius 2 is 1.95 bits per heavy atom. The molecule has 1 amide bonds. The summed E-state index contributed by atoms with van der Waals surface area (Å²) in [5.74, 6) is 0.759. The Kier molecular flexibility index (Phi) is 5.05. The highest BCUT2D eigenvalue weighted by Crippen LogP contribution is 2.25. The number of hydrogen-bond acceptors (Lipinski definition) is 2. The molecule has 110 valence electrons. The minimum absolute atomic E-state index is 0.0444. The number of amides is 1. The van der Waals surface area contributed by atoms with Gasteiger partial charge in [-0.15, -0.1) is 0 Å². The van der Waals surface area contributed by atoms with Crippen LogP contribution in [0.1, 0.15) is 51.2 Å². The van der Waals surface area contributed by atoms with Crippen molar-refractivity contribution in [2.24, 2.45) is 0 Å². The smallest absolute Gasteiger partial charge is 0.260 e. The first-order valence-corrected chi connectivity index (χ1v) is 7.69. The number of ether oxygens (including phenoxy) is 1. The van der Waals surface area contributed by atoms with Gasteiger partial charge in [-0.25, -0.2) is 0 Å². The van der Waals surface area contributed by atoms with E-state index in [1.54, 1.807) is 6.92 Å². The van der Waals surface area contributed by atoms with Gasteiger partial charge in [0.25, 0.3) is 5.91 Å². The van der Waals surface area contributed by atoms with E-state index in [0.29, 0.717) is 0 Å². The van der Waals surface area contributed by atoms with E-state index in [2.05, 4.69) is 24.4 Å². The van der Waals surface area contributed by atoms with Gasteiger partial charge in [0.1, 0.15) is 5.75 Å². The molecular formula is C17H25NO2. The second-order valence-corrected chi connectivity index (χ2v) is 5.72. The summed E-state index contributed by atoms with van der Waals surface area (Å²) in [7, 11) is 0. The summed E-state index contributed by atoms with van der Waals surface area (Å²) in [6.07, 6.45) is 5.30. The van der Waals surface area contributed by atoms with Crippen molar-refractivity contribution in [2.75, 3.05) is 0 Å². The Bertz CT molecular complexity index is 470. The zero-order chi connectivity index (χ0) is 14.5. The van der Waals surface area contributed by atoms with Crippen molar-refractivity contribution in [1.82, 2.24) is 5.32 Å². The van der Waals surface area contributed by atoms with Crippen molar-refractivity contribution in [1.29, 1.82) is 0 Å². The molecule has 20 heavy (non-hydrogen) atoms. The Balaban J connectivity index is 1.97. The average Bonchev–Trinajstić information content (AvgIpc) is 2.46. The van der Waals surface area contributed by atoms with Crippen LogP contribution in [0, 0.1) is 0 Å². The van der Waals surface area contributed by atoms with Crippen LogP contribution >= 0.6 is 0 Å². The molecule has 0 saturated carbocycles. The molecule has 1 aromatic rings. The molecule has 0 unspecified atom stereocenters. The van der Waals surface area contributed by atoms with Gasteiger partial charge in [0.15, 0.2) is 6.10 Å². The molecule has 2 atom stereocenters. The summed E-state index contributed by atoms with van der Waals surface area (Å²) in [6.45, 7) is 5.86. The maximum atomic E-state index is 12.0. The maximum Gasteiger partial charge on any atom is 0.260 e. The lowest BCUT2D eigenvalue weighted by molar-refractivity contribution is -0.127. The molecule has 0 aromatic heterocycles. The van der Waals surface area contributed by atoms with Crippen molar-refractivity contribution < 1.29 is 9.53 Å². The number of fused-ring (bicyclic) bond motifs is 1. The topological polar surface area (TPSA) is 38.3 Å². The predicted octanol–water partition coefficient (Wildman–Crippen LogP) is 3.25. The van der Waals surface area contributed by atoms with Crippen LogP contribution in [0.4, 0.5) is 0 Å². The second kappa shape index (κ2) is 6.78. The lowest BCUT2D eigenvalue weighted by atomic mass is 9.92. The Morgan fingerprint density at radius 1 is 1.25 bits per heavy atom. The third-order valence-corrected chi connectivity index (χ3v) is 4.00. The van der Waals surface area contributed by atoms with Gasteiger partial charge in [-0.05, 0) is 69.2 Å². The van der Waals surface area contributed by atoms with Gasteiger partial charge in [0.05, 0.1) is 0 Å². The minimum Gasteiger partial charge on any atom is -0.481 e. The molecule has 0 heterocycles. The second-order valence-electron chi connectivity index (χ2n) is 5.72. The zero-order valence-electron chi connectivity index (χ0n) is 12.7. The molecule has 0 spiro atoms. The summed E-state index contributed by atoms with van der Waals surface area (Å²) in [5.41, 5.74) is 2.81. The number of nitrogens with one attached hydrogen (secondary N) is 1. The van der Waals surface area contributed by atoms with Crippen LogP contribution in [0.5, 0.6) is 5.75 Å². The number of hydrogen-bond donors (Lipinski definition) is 1. The molecule has 1 N–H and O–H groups in total. The highest BCUT2D eigenvalue weighted by Gasteiger charge is 2.17. The summed E-state index contributed by atoms with van der Waals surface area (Å²) in [5, 5.41) is 2.95. The number of rotatable bonds is 5. The molecule has 0 saturated heterocycles. The van der Waals surface area contributed by atoms with Crippen molar-refractivity contribution in [3.8, 4) is 5.75 Å². The van der Waals surface area contributed by atoms with Crippen LogP contribution in [0.15, 0.2) is 18.2 Å². The van der Waals surface area contributed by atoms with Gasteiger partial charge < -0.3 is 10.1 Å². The van der Waals surface area contributed by atoms with E-state index < -0.39 is 6.10 Å². The van der Waals surface area contributed by atoms with Gasteiger partial charge >= 0.3 is 0 Å². The third-order valence-electron chi connectivity index (χ3n) is 4.00. The van der Waals surface area contributed by atoms with Crippen LogP contribution in [0.3, 0.4) is 0 Å². The van der Waals surface area contributed by atoms with Gasteiger partial charge in [-0.1, -0.05) is 13.0 Å². The highest BCUT2D eigenvalue weighted by atomic mass is 16.5. The van der Waals surface area contributed by atoms with Gasteiger partial charge in [0.2, 0.25) is 0 Å². The molecular weight excluding hydrogens is 250 g/mol. The van der Waals surface area contributed by atoms with E-state index in [-0.39, 0.29) is 11.9 Å². The Hall–Kier alpha value is -1.51. The number of carbonyl (C=O) groups excluding carboxylic acids is 1. The Morgan fingerprint density at radius 3 is 2.65 bits per heavy atom. The van der Waals surface area contributed by atoms with Crippen LogP contribution in [0.2, 0.25) is 0 Å². The van der Waals surface area contributed by atoms with E-state index >= 15 is 0 Å². The molecule has 3 nitrogen and oxygen atoms in total. The van der Waals surface area contributed by atoms with Crippen LogP contribution < -0.4 is 10.1 Å². The van der Waals surface area contributed by atoms with Crippen LogP contribution in [-0.2, 0) is 17.6 Å². The highest BCUT2D eigenvalue weighted by molar-refractivity contribution is 5.80. The fraction of sp³-hybridized carbons (Fsp3) is 0.588. The maximum absolute atomic E-state index is 12.0. The largest absolute Gasteiger partial charge is 0.481 e. The normalized spacial score (nSPS) is 16.9. The SMILES string of the molecule is CC[C@H](C)NC(=O)[C@@H](C)Oc1ccc2c(c1)CCCC2. The summed E-state index contributed by atoms with van der Waals surface area (Å²) in [4.78, 5) is 12.0. The zero-order valence-corrected chi connectivity index (χ0v) is 12.7. The van der Waals surface area contributed by atoms with Gasteiger partial charge in [-0.2, -0.15) is 0 Å². The molecule has 3 heteroatoms. The lowest BCUT2D eigenvalue weighted by Crippen LogP contribution is -2.41.